The number of nitrogens with zero attached hydrogens (tertiary/aromatic N) is 1. The highest BCUT2D eigenvalue weighted by Crippen LogP contribution is 2.31. The minimum absolute atomic E-state index is 0.244. The van der Waals surface area contributed by atoms with Gasteiger partial charge in [-0.05, 0) is 31.7 Å². The number of rotatable bonds is 4. The number of nitrogens with one attached hydrogen (secondary N) is 1. The third kappa shape index (κ3) is 2.15. The predicted octanol–water partition coefficient (Wildman–Crippen LogP) is 2.38. The summed E-state index contributed by atoms with van der Waals surface area (Å²) in [6.07, 6.45) is 6.77. The Labute approximate surface area is 94.7 Å². The molecule has 0 aromatic carbocycles. The molecule has 0 radical (unpaired) electrons. The van der Waals surface area contributed by atoms with E-state index >= 15 is 0 Å². The van der Waals surface area contributed by atoms with Gasteiger partial charge in [-0.15, -0.1) is 0 Å². The van der Waals surface area contributed by atoms with E-state index in [1.165, 1.54) is 25.5 Å². The Morgan fingerprint density at radius 1 is 1.62 bits per heavy atom. The maximum Gasteiger partial charge on any atom is 0.339 e. The zero-order chi connectivity index (χ0) is 11.5. The summed E-state index contributed by atoms with van der Waals surface area (Å²) in [5.41, 5.74) is 0.913. The summed E-state index contributed by atoms with van der Waals surface area (Å²) in [6, 6.07) is 2.05. The second-order valence-electron chi connectivity index (χ2n) is 4.35. The van der Waals surface area contributed by atoms with Crippen LogP contribution in [0, 0.1) is 5.92 Å². The molecule has 2 rings (SSSR count). The molecule has 1 aromatic heterocycles. The third-order valence-electron chi connectivity index (χ3n) is 3.29. The van der Waals surface area contributed by atoms with Crippen molar-refractivity contribution in [2.45, 2.75) is 32.2 Å². The number of anilines is 1. The average Bonchev–Trinajstić information content (AvgIpc) is 2.15. The fraction of sp³-hybridized carbons (Fsp3) is 0.500. The van der Waals surface area contributed by atoms with Crippen molar-refractivity contribution in [2.75, 3.05) is 5.32 Å². The molecule has 0 spiro atoms. The molecule has 1 aliphatic rings. The number of carboxylic acids is 1. The first kappa shape index (κ1) is 10.9. The van der Waals surface area contributed by atoms with E-state index in [1.54, 1.807) is 12.3 Å². The van der Waals surface area contributed by atoms with Gasteiger partial charge in [0.2, 0.25) is 0 Å². The second kappa shape index (κ2) is 4.51. The van der Waals surface area contributed by atoms with Gasteiger partial charge in [-0.3, -0.25) is 4.98 Å². The molecule has 0 aliphatic heterocycles. The lowest BCUT2D eigenvalue weighted by Gasteiger charge is -2.32. The molecule has 4 nitrogen and oxygen atoms in total. The standard InChI is InChI=1S/C12H16N2O2/c1-8(9-3-2-4-9)14-11-5-6-13-7-10(11)12(15)16/h5-9H,2-4H2,1H3,(H,13,14)(H,15,16). The van der Waals surface area contributed by atoms with Gasteiger partial charge in [0, 0.05) is 18.4 Å². The minimum atomic E-state index is -0.934. The molecule has 4 heteroatoms. The van der Waals surface area contributed by atoms with Crippen molar-refractivity contribution in [1.29, 1.82) is 0 Å². The Bertz CT molecular complexity index is 388. The van der Waals surface area contributed by atoms with Crippen LogP contribution < -0.4 is 5.32 Å². The largest absolute Gasteiger partial charge is 0.478 e. The van der Waals surface area contributed by atoms with Gasteiger partial charge in [-0.2, -0.15) is 0 Å². The Morgan fingerprint density at radius 3 is 2.94 bits per heavy atom. The minimum Gasteiger partial charge on any atom is -0.478 e. The van der Waals surface area contributed by atoms with Gasteiger partial charge in [0.1, 0.15) is 5.56 Å². The van der Waals surface area contributed by atoms with Crippen LogP contribution in [0.2, 0.25) is 0 Å². The number of pyridine rings is 1. The molecule has 1 atom stereocenters. The molecule has 1 aromatic rings. The zero-order valence-electron chi connectivity index (χ0n) is 9.31. The lowest BCUT2D eigenvalue weighted by molar-refractivity contribution is 0.0697. The number of hydrogen-bond acceptors (Lipinski definition) is 3. The van der Waals surface area contributed by atoms with Crippen molar-refractivity contribution < 1.29 is 9.90 Å². The summed E-state index contributed by atoms with van der Waals surface area (Å²) >= 11 is 0. The molecule has 1 heterocycles. The summed E-state index contributed by atoms with van der Waals surface area (Å²) in [4.78, 5) is 14.8. The fourth-order valence-electron chi connectivity index (χ4n) is 1.99. The quantitative estimate of drug-likeness (QED) is 0.817. The van der Waals surface area contributed by atoms with Crippen LogP contribution in [0.1, 0.15) is 36.5 Å². The highest BCUT2D eigenvalue weighted by Gasteiger charge is 2.24. The Kier molecular flexibility index (Phi) is 3.08. The maximum absolute atomic E-state index is 11.0. The number of aromatic nitrogens is 1. The van der Waals surface area contributed by atoms with E-state index in [1.807, 2.05) is 0 Å². The zero-order valence-corrected chi connectivity index (χ0v) is 9.31. The van der Waals surface area contributed by atoms with Crippen molar-refractivity contribution in [3.63, 3.8) is 0 Å². The summed E-state index contributed by atoms with van der Waals surface area (Å²) < 4.78 is 0. The smallest absolute Gasteiger partial charge is 0.339 e. The van der Waals surface area contributed by atoms with E-state index in [-0.39, 0.29) is 5.56 Å². The van der Waals surface area contributed by atoms with Gasteiger partial charge in [-0.25, -0.2) is 4.79 Å². The Balaban J connectivity index is 2.10. The third-order valence-corrected chi connectivity index (χ3v) is 3.29. The van der Waals surface area contributed by atoms with Gasteiger partial charge in [-0.1, -0.05) is 6.42 Å². The monoisotopic (exact) mass is 220 g/mol. The maximum atomic E-state index is 11.0. The molecule has 0 saturated heterocycles. The van der Waals surface area contributed by atoms with E-state index < -0.39 is 5.97 Å². The highest BCUT2D eigenvalue weighted by molar-refractivity contribution is 5.93. The Morgan fingerprint density at radius 2 is 2.38 bits per heavy atom. The lowest BCUT2D eigenvalue weighted by atomic mass is 9.80. The van der Waals surface area contributed by atoms with E-state index in [2.05, 4.69) is 17.2 Å². The van der Waals surface area contributed by atoms with Crippen molar-refractivity contribution in [3.05, 3.63) is 24.0 Å². The first-order valence-electron chi connectivity index (χ1n) is 5.62. The number of aromatic carboxylic acids is 1. The van der Waals surface area contributed by atoms with Crippen LogP contribution >= 0.6 is 0 Å². The van der Waals surface area contributed by atoms with Gasteiger partial charge >= 0.3 is 5.97 Å². The molecule has 0 bridgehead atoms. The van der Waals surface area contributed by atoms with Gasteiger partial charge in [0.15, 0.2) is 0 Å². The highest BCUT2D eigenvalue weighted by atomic mass is 16.4. The molecular weight excluding hydrogens is 204 g/mol. The van der Waals surface area contributed by atoms with Crippen molar-refractivity contribution >= 4 is 11.7 Å². The summed E-state index contributed by atoms with van der Waals surface area (Å²) in [5, 5.41) is 12.3. The predicted molar refractivity (Wildman–Crippen MR) is 61.6 cm³/mol. The van der Waals surface area contributed by atoms with Gasteiger partial charge in [0.05, 0.1) is 5.69 Å². The molecule has 1 aliphatic carbocycles. The topological polar surface area (TPSA) is 62.2 Å². The molecule has 0 amide bonds. The molecule has 2 N–H and O–H groups in total. The van der Waals surface area contributed by atoms with Gasteiger partial charge in [0.25, 0.3) is 0 Å². The number of carboxylic acid groups (broad SMARTS) is 1. The second-order valence-corrected chi connectivity index (χ2v) is 4.35. The SMILES string of the molecule is CC(Nc1ccncc1C(=O)O)C1CCC1. The van der Waals surface area contributed by atoms with Crippen molar-refractivity contribution in [2.24, 2.45) is 5.92 Å². The van der Waals surface area contributed by atoms with Crippen molar-refractivity contribution in [3.8, 4) is 0 Å². The molecule has 1 unspecified atom stereocenters. The molecule has 1 saturated carbocycles. The van der Waals surface area contributed by atoms with Crippen molar-refractivity contribution in [1.82, 2.24) is 4.98 Å². The normalized spacial score (nSPS) is 17.6. The van der Waals surface area contributed by atoms with Crippen LogP contribution in [0.25, 0.3) is 0 Å². The first-order chi connectivity index (χ1) is 7.68. The van der Waals surface area contributed by atoms with Gasteiger partial charge < -0.3 is 10.4 Å². The number of hydrogen-bond donors (Lipinski definition) is 2. The van der Waals surface area contributed by atoms with E-state index in [4.69, 9.17) is 5.11 Å². The van der Waals surface area contributed by atoms with E-state index in [9.17, 15) is 4.79 Å². The molecule has 1 fully saturated rings. The van der Waals surface area contributed by atoms with Crippen LogP contribution in [-0.2, 0) is 0 Å². The first-order valence-corrected chi connectivity index (χ1v) is 5.62. The summed E-state index contributed by atoms with van der Waals surface area (Å²) in [5.74, 6) is -0.258. The Hall–Kier alpha value is -1.58. The fourth-order valence-corrected chi connectivity index (χ4v) is 1.99. The molecular formula is C12H16N2O2. The van der Waals surface area contributed by atoms with Crippen LogP contribution in [0.3, 0.4) is 0 Å². The van der Waals surface area contributed by atoms with Crippen LogP contribution in [-0.4, -0.2) is 22.1 Å². The molecule has 86 valence electrons. The van der Waals surface area contributed by atoms with E-state index in [0.717, 1.165) is 0 Å². The van der Waals surface area contributed by atoms with Crippen LogP contribution in [0.5, 0.6) is 0 Å². The summed E-state index contributed by atoms with van der Waals surface area (Å²) in [6.45, 7) is 2.11. The average molecular weight is 220 g/mol. The van der Waals surface area contributed by atoms with Crippen LogP contribution in [0.4, 0.5) is 5.69 Å². The lowest BCUT2D eigenvalue weighted by Crippen LogP contribution is -2.31. The number of carbonyl (C=O) groups is 1. The molecule has 16 heavy (non-hydrogen) atoms. The summed E-state index contributed by atoms with van der Waals surface area (Å²) in [7, 11) is 0. The van der Waals surface area contributed by atoms with Crippen LogP contribution in [0.15, 0.2) is 18.5 Å². The van der Waals surface area contributed by atoms with E-state index in [0.29, 0.717) is 17.6 Å².